The highest BCUT2D eigenvalue weighted by Crippen LogP contribution is 2.31. The smallest absolute Gasteiger partial charge is 0.268 e. The number of aromatic nitrogens is 1. The van der Waals surface area contributed by atoms with Gasteiger partial charge in [-0.15, -0.1) is 0 Å². The number of nitrogens with zero attached hydrogens (tertiary/aromatic N) is 2. The molecule has 3 N–H and O–H groups in total. The standard InChI is InChI=1S/C19H11FN4O2/c20-12-4-6-13(7-5-12)26-14-3-1-2-11(8-14)17-15(9-21)18(23)24-19(25)16(17)10-22/h1-8H,(H3,23,24,25). The van der Waals surface area contributed by atoms with Crippen LogP contribution < -0.4 is 16.0 Å². The maximum absolute atomic E-state index is 13.0. The maximum atomic E-state index is 13.0. The molecule has 0 spiro atoms. The fourth-order valence-corrected chi connectivity index (χ4v) is 2.49. The molecule has 0 atom stereocenters. The predicted octanol–water partition coefficient (Wildman–Crippen LogP) is 3.30. The number of hydrogen-bond acceptors (Lipinski definition) is 5. The lowest BCUT2D eigenvalue weighted by molar-refractivity contribution is 0.481. The molecule has 0 radical (unpaired) electrons. The van der Waals surface area contributed by atoms with E-state index in [2.05, 4.69) is 4.98 Å². The van der Waals surface area contributed by atoms with Crippen LogP contribution in [0.2, 0.25) is 0 Å². The van der Waals surface area contributed by atoms with Gasteiger partial charge in [0.25, 0.3) is 5.56 Å². The van der Waals surface area contributed by atoms with Gasteiger partial charge >= 0.3 is 0 Å². The van der Waals surface area contributed by atoms with Crippen LogP contribution in [0.1, 0.15) is 11.1 Å². The fourth-order valence-electron chi connectivity index (χ4n) is 2.49. The summed E-state index contributed by atoms with van der Waals surface area (Å²) in [6, 6.07) is 15.7. The maximum Gasteiger partial charge on any atom is 0.268 e. The molecule has 6 nitrogen and oxygen atoms in total. The molecule has 0 amide bonds. The van der Waals surface area contributed by atoms with E-state index in [1.165, 1.54) is 24.3 Å². The van der Waals surface area contributed by atoms with E-state index >= 15 is 0 Å². The number of H-pyrrole nitrogens is 1. The third-order valence-electron chi connectivity index (χ3n) is 3.64. The Bertz CT molecular complexity index is 1120. The van der Waals surface area contributed by atoms with Gasteiger partial charge in [-0.05, 0) is 42.0 Å². The molecule has 0 unspecified atom stereocenters. The van der Waals surface area contributed by atoms with Crippen molar-refractivity contribution in [3.05, 3.63) is 75.8 Å². The molecule has 2 aromatic carbocycles. The Morgan fingerprint density at radius 1 is 1.00 bits per heavy atom. The van der Waals surface area contributed by atoms with Crippen molar-refractivity contribution in [2.45, 2.75) is 0 Å². The van der Waals surface area contributed by atoms with Gasteiger partial charge in [0.15, 0.2) is 0 Å². The molecule has 7 heteroatoms. The Kier molecular flexibility index (Phi) is 4.38. The lowest BCUT2D eigenvalue weighted by Crippen LogP contribution is -2.16. The number of aromatic amines is 1. The van der Waals surface area contributed by atoms with Gasteiger partial charge in [0.1, 0.15) is 46.4 Å². The van der Waals surface area contributed by atoms with Crippen LogP contribution in [0.5, 0.6) is 11.5 Å². The van der Waals surface area contributed by atoms with Crippen molar-refractivity contribution < 1.29 is 9.13 Å². The van der Waals surface area contributed by atoms with Crippen LogP contribution in [0.25, 0.3) is 11.1 Å². The minimum atomic E-state index is -0.677. The Hall–Kier alpha value is -4.10. The highest BCUT2D eigenvalue weighted by Gasteiger charge is 2.18. The van der Waals surface area contributed by atoms with Crippen LogP contribution in [0.3, 0.4) is 0 Å². The number of benzene rings is 2. The molecule has 1 heterocycles. The molecule has 0 aliphatic heterocycles. The molecule has 1 aromatic heterocycles. The Balaban J connectivity index is 2.12. The molecule has 0 aliphatic rings. The van der Waals surface area contributed by atoms with Crippen LogP contribution in [-0.2, 0) is 0 Å². The van der Waals surface area contributed by atoms with Crippen LogP contribution in [0.4, 0.5) is 10.2 Å². The van der Waals surface area contributed by atoms with E-state index < -0.39 is 5.56 Å². The monoisotopic (exact) mass is 346 g/mol. The van der Waals surface area contributed by atoms with E-state index in [0.717, 1.165) is 0 Å². The Morgan fingerprint density at radius 2 is 1.69 bits per heavy atom. The first-order valence-corrected chi connectivity index (χ1v) is 7.43. The second kappa shape index (κ2) is 6.80. The summed E-state index contributed by atoms with van der Waals surface area (Å²) in [5.74, 6) is 0.300. The summed E-state index contributed by atoms with van der Waals surface area (Å²) in [4.78, 5) is 14.3. The zero-order valence-electron chi connectivity index (χ0n) is 13.3. The molecule has 0 saturated carbocycles. The number of ether oxygens (including phenoxy) is 1. The number of anilines is 1. The first-order chi connectivity index (χ1) is 12.5. The molecular weight excluding hydrogens is 335 g/mol. The average molecular weight is 346 g/mol. The molecule has 0 fully saturated rings. The highest BCUT2D eigenvalue weighted by molar-refractivity contribution is 5.80. The van der Waals surface area contributed by atoms with Crippen LogP contribution in [-0.4, -0.2) is 4.98 Å². The quantitative estimate of drug-likeness (QED) is 0.755. The van der Waals surface area contributed by atoms with E-state index in [4.69, 9.17) is 10.5 Å². The molecular formula is C19H11FN4O2. The largest absolute Gasteiger partial charge is 0.457 e. The SMILES string of the molecule is N#Cc1c(N)[nH]c(=O)c(C#N)c1-c1cccc(Oc2ccc(F)cc2)c1. The van der Waals surface area contributed by atoms with Gasteiger partial charge in [-0.25, -0.2) is 4.39 Å². The van der Waals surface area contributed by atoms with Crippen molar-refractivity contribution in [2.75, 3.05) is 5.73 Å². The lowest BCUT2D eigenvalue weighted by atomic mass is 9.96. The number of hydrogen-bond donors (Lipinski definition) is 2. The van der Waals surface area contributed by atoms with Crippen LogP contribution >= 0.6 is 0 Å². The van der Waals surface area contributed by atoms with Crippen LogP contribution in [0.15, 0.2) is 53.3 Å². The van der Waals surface area contributed by atoms with Gasteiger partial charge in [-0.3, -0.25) is 4.79 Å². The molecule has 3 rings (SSSR count). The molecule has 26 heavy (non-hydrogen) atoms. The van der Waals surface area contributed by atoms with Crippen molar-refractivity contribution in [3.63, 3.8) is 0 Å². The molecule has 0 saturated heterocycles. The first-order valence-electron chi connectivity index (χ1n) is 7.43. The van der Waals surface area contributed by atoms with Gasteiger partial charge in [-0.2, -0.15) is 10.5 Å². The summed E-state index contributed by atoms with van der Waals surface area (Å²) < 4.78 is 18.6. The van der Waals surface area contributed by atoms with Crippen molar-refractivity contribution in [1.82, 2.24) is 4.98 Å². The van der Waals surface area contributed by atoms with E-state index in [9.17, 15) is 19.7 Å². The number of halogens is 1. The van der Waals surface area contributed by atoms with E-state index in [-0.39, 0.29) is 28.3 Å². The molecule has 0 bridgehead atoms. The summed E-state index contributed by atoms with van der Waals surface area (Å²) in [6.45, 7) is 0. The predicted molar refractivity (Wildman–Crippen MR) is 92.8 cm³/mol. The third kappa shape index (κ3) is 3.10. The minimum absolute atomic E-state index is 0.0000761. The number of nitrogens with two attached hydrogens (primary N) is 1. The number of nitrogens with one attached hydrogen (secondary N) is 1. The average Bonchev–Trinajstić information content (AvgIpc) is 2.63. The molecule has 0 aliphatic carbocycles. The molecule has 3 aromatic rings. The van der Waals surface area contributed by atoms with Gasteiger partial charge < -0.3 is 15.5 Å². The topological polar surface area (TPSA) is 116 Å². The van der Waals surface area contributed by atoms with Crippen molar-refractivity contribution in [2.24, 2.45) is 0 Å². The lowest BCUT2D eigenvalue weighted by Gasteiger charge is -2.11. The second-order valence-corrected chi connectivity index (χ2v) is 5.30. The Labute approximate surface area is 147 Å². The number of nitrogen functional groups attached to an aromatic ring is 1. The summed E-state index contributed by atoms with van der Waals surface area (Å²) >= 11 is 0. The highest BCUT2D eigenvalue weighted by atomic mass is 19.1. The third-order valence-corrected chi connectivity index (χ3v) is 3.64. The summed E-state index contributed by atoms with van der Waals surface area (Å²) in [5, 5.41) is 18.7. The summed E-state index contributed by atoms with van der Waals surface area (Å²) in [6.07, 6.45) is 0. The van der Waals surface area contributed by atoms with Gasteiger partial charge in [0.05, 0.1) is 0 Å². The van der Waals surface area contributed by atoms with Gasteiger partial charge in [0, 0.05) is 5.56 Å². The number of pyridine rings is 1. The Morgan fingerprint density at radius 3 is 2.35 bits per heavy atom. The number of rotatable bonds is 3. The zero-order valence-corrected chi connectivity index (χ0v) is 13.3. The van der Waals surface area contributed by atoms with E-state index in [1.807, 2.05) is 6.07 Å². The minimum Gasteiger partial charge on any atom is -0.457 e. The zero-order chi connectivity index (χ0) is 18.7. The van der Waals surface area contributed by atoms with Gasteiger partial charge in [-0.1, -0.05) is 12.1 Å². The van der Waals surface area contributed by atoms with Crippen molar-refractivity contribution >= 4 is 5.82 Å². The van der Waals surface area contributed by atoms with E-state index in [0.29, 0.717) is 17.1 Å². The summed E-state index contributed by atoms with van der Waals surface area (Å²) in [5.41, 5.74) is 5.39. The second-order valence-electron chi connectivity index (χ2n) is 5.30. The normalized spacial score (nSPS) is 9.96. The van der Waals surface area contributed by atoms with Crippen LogP contribution in [0, 0.1) is 28.5 Å². The van der Waals surface area contributed by atoms with Crippen molar-refractivity contribution in [1.29, 1.82) is 10.5 Å². The first kappa shape index (κ1) is 16.7. The van der Waals surface area contributed by atoms with Gasteiger partial charge in [0.2, 0.25) is 0 Å². The van der Waals surface area contributed by atoms with E-state index in [1.54, 1.807) is 30.3 Å². The summed E-state index contributed by atoms with van der Waals surface area (Å²) in [7, 11) is 0. The fraction of sp³-hybridized carbons (Fsp3) is 0. The van der Waals surface area contributed by atoms with Crippen molar-refractivity contribution in [3.8, 4) is 34.8 Å². The molecule has 126 valence electrons. The number of nitriles is 2.